The van der Waals surface area contributed by atoms with Crippen molar-refractivity contribution in [1.82, 2.24) is 4.98 Å². The molecular formula is C10H15NO5S2. The summed E-state index contributed by atoms with van der Waals surface area (Å²) in [6.45, 7) is 1.69. The highest BCUT2D eigenvalue weighted by Gasteiger charge is 2.36. The smallest absolute Gasteiger partial charge is 0.218 e. The van der Waals surface area contributed by atoms with E-state index in [1.807, 2.05) is 0 Å². The molecule has 1 heterocycles. The maximum atomic E-state index is 11.7. The van der Waals surface area contributed by atoms with Crippen LogP contribution < -0.4 is 4.74 Å². The van der Waals surface area contributed by atoms with Crippen LogP contribution in [-0.2, 0) is 19.7 Å². The molecule has 0 saturated heterocycles. The van der Waals surface area contributed by atoms with Crippen LogP contribution >= 0.6 is 0 Å². The molecular weight excluding hydrogens is 278 g/mol. The number of aryl methyl sites for hydroxylation is 1. The van der Waals surface area contributed by atoms with Crippen LogP contribution in [0.5, 0.6) is 5.88 Å². The summed E-state index contributed by atoms with van der Waals surface area (Å²) in [7, 11) is -6.36. The zero-order valence-electron chi connectivity index (χ0n) is 10.5. The largest absolute Gasteiger partial charge is 0.481 e. The Kier molecular flexibility index (Phi) is 4.02. The van der Waals surface area contributed by atoms with Crippen LogP contribution in [0.3, 0.4) is 0 Å². The molecule has 102 valence electrons. The summed E-state index contributed by atoms with van der Waals surface area (Å²) in [5.41, 5.74) is 0.700. The van der Waals surface area contributed by atoms with E-state index in [9.17, 15) is 16.8 Å². The lowest BCUT2D eigenvalue weighted by Crippen LogP contribution is -2.21. The molecule has 0 unspecified atom stereocenters. The SMILES string of the molecule is COc1ncc(C)cc1C(S(C)(=O)=O)S(C)(=O)=O. The fourth-order valence-electron chi connectivity index (χ4n) is 1.70. The summed E-state index contributed by atoms with van der Waals surface area (Å²) in [6.07, 6.45) is 3.23. The molecule has 0 aliphatic heterocycles. The molecule has 0 radical (unpaired) electrons. The van der Waals surface area contributed by atoms with Gasteiger partial charge in [0.15, 0.2) is 24.3 Å². The third-order valence-electron chi connectivity index (χ3n) is 2.24. The molecule has 0 spiro atoms. The number of pyridine rings is 1. The monoisotopic (exact) mass is 293 g/mol. The van der Waals surface area contributed by atoms with Crippen LogP contribution in [0.25, 0.3) is 0 Å². The molecule has 6 nitrogen and oxygen atoms in total. The van der Waals surface area contributed by atoms with E-state index < -0.39 is 24.3 Å². The topological polar surface area (TPSA) is 90.4 Å². The fraction of sp³-hybridized carbons (Fsp3) is 0.500. The normalized spacial score (nSPS) is 12.7. The summed E-state index contributed by atoms with van der Waals surface area (Å²) in [5.74, 6) is 0.00134. The zero-order chi connectivity index (χ0) is 14.1. The van der Waals surface area contributed by atoms with E-state index in [0.29, 0.717) is 5.56 Å². The Morgan fingerprint density at radius 1 is 1.17 bits per heavy atom. The molecule has 0 N–H and O–H groups in total. The van der Waals surface area contributed by atoms with Gasteiger partial charge in [0.2, 0.25) is 5.88 Å². The number of nitrogens with zero attached hydrogens (tertiary/aromatic N) is 1. The minimum absolute atomic E-state index is 0.00134. The lowest BCUT2D eigenvalue weighted by atomic mass is 10.2. The average molecular weight is 293 g/mol. The Morgan fingerprint density at radius 3 is 2.06 bits per heavy atom. The first-order valence-corrected chi connectivity index (χ1v) is 8.86. The van der Waals surface area contributed by atoms with E-state index in [4.69, 9.17) is 4.74 Å². The molecule has 8 heteroatoms. The quantitative estimate of drug-likeness (QED) is 0.802. The van der Waals surface area contributed by atoms with Crippen LogP contribution in [0.4, 0.5) is 0 Å². The summed E-state index contributed by atoms with van der Waals surface area (Å²) in [5, 5.41) is 0. The molecule has 18 heavy (non-hydrogen) atoms. The minimum Gasteiger partial charge on any atom is -0.481 e. The predicted octanol–water partition coefficient (Wildman–Crippen LogP) is 0.486. The van der Waals surface area contributed by atoms with Gasteiger partial charge in [0.1, 0.15) is 0 Å². The van der Waals surface area contributed by atoms with Crippen molar-refractivity contribution in [2.24, 2.45) is 0 Å². The van der Waals surface area contributed by atoms with Gasteiger partial charge in [0.05, 0.1) is 7.11 Å². The van der Waals surface area contributed by atoms with E-state index in [-0.39, 0.29) is 11.4 Å². The lowest BCUT2D eigenvalue weighted by Gasteiger charge is -2.16. The van der Waals surface area contributed by atoms with Crippen molar-refractivity contribution in [3.8, 4) is 5.88 Å². The molecule has 0 bridgehead atoms. The maximum absolute atomic E-state index is 11.7. The number of rotatable bonds is 4. The molecule has 1 rings (SSSR count). The van der Waals surface area contributed by atoms with Gasteiger partial charge < -0.3 is 4.74 Å². The Morgan fingerprint density at radius 2 is 1.67 bits per heavy atom. The molecule has 0 amide bonds. The highest BCUT2D eigenvalue weighted by atomic mass is 32.3. The van der Waals surface area contributed by atoms with Gasteiger partial charge in [0.25, 0.3) is 0 Å². The molecule has 0 aliphatic rings. The molecule has 1 aromatic heterocycles. The highest BCUT2D eigenvalue weighted by molar-refractivity contribution is 8.07. The second kappa shape index (κ2) is 4.85. The minimum atomic E-state index is -3.83. The van der Waals surface area contributed by atoms with E-state index in [1.54, 1.807) is 6.92 Å². The van der Waals surface area contributed by atoms with Gasteiger partial charge in [-0.25, -0.2) is 21.8 Å². The van der Waals surface area contributed by atoms with Crippen molar-refractivity contribution >= 4 is 19.7 Å². The van der Waals surface area contributed by atoms with Crippen LogP contribution in [0.2, 0.25) is 0 Å². The Bertz CT molecular complexity index is 617. The number of hydrogen-bond acceptors (Lipinski definition) is 6. The third kappa shape index (κ3) is 3.20. The standard InChI is InChI=1S/C10H15NO5S2/c1-7-5-8(9(16-2)11-6-7)10(17(3,12)13)18(4,14)15/h5-6,10H,1-4H3. The van der Waals surface area contributed by atoms with Gasteiger partial charge in [-0.1, -0.05) is 0 Å². The van der Waals surface area contributed by atoms with Crippen LogP contribution in [0.15, 0.2) is 12.3 Å². The van der Waals surface area contributed by atoms with Gasteiger partial charge >= 0.3 is 0 Å². The van der Waals surface area contributed by atoms with E-state index >= 15 is 0 Å². The average Bonchev–Trinajstić information content (AvgIpc) is 2.13. The predicted molar refractivity (Wildman–Crippen MR) is 68.0 cm³/mol. The van der Waals surface area contributed by atoms with Gasteiger partial charge in [0, 0.05) is 24.3 Å². The number of hydrogen-bond donors (Lipinski definition) is 0. The second-order valence-electron chi connectivity index (χ2n) is 4.10. The Balaban J connectivity index is 3.64. The van der Waals surface area contributed by atoms with Gasteiger partial charge in [-0.2, -0.15) is 0 Å². The van der Waals surface area contributed by atoms with E-state index in [1.165, 1.54) is 19.4 Å². The fourth-order valence-corrected chi connectivity index (χ4v) is 5.50. The Labute approximate surface area is 107 Å². The van der Waals surface area contributed by atoms with Crippen molar-refractivity contribution in [3.63, 3.8) is 0 Å². The summed E-state index contributed by atoms with van der Waals surface area (Å²) in [6, 6.07) is 1.46. The summed E-state index contributed by atoms with van der Waals surface area (Å²) >= 11 is 0. The van der Waals surface area contributed by atoms with Crippen molar-refractivity contribution in [1.29, 1.82) is 0 Å². The molecule has 0 aromatic carbocycles. The third-order valence-corrected chi connectivity index (χ3v) is 6.40. The Hall–Kier alpha value is -1.15. The first-order chi connectivity index (χ1) is 8.07. The van der Waals surface area contributed by atoms with E-state index in [0.717, 1.165) is 12.5 Å². The van der Waals surface area contributed by atoms with Crippen LogP contribution in [0.1, 0.15) is 15.7 Å². The summed E-state index contributed by atoms with van der Waals surface area (Å²) < 4.78 is 50.1. The second-order valence-corrected chi connectivity index (χ2v) is 8.66. The first kappa shape index (κ1) is 14.9. The molecule has 0 saturated carbocycles. The van der Waals surface area contributed by atoms with Gasteiger partial charge in [-0.3, -0.25) is 0 Å². The van der Waals surface area contributed by atoms with Crippen molar-refractivity contribution in [2.75, 3.05) is 19.6 Å². The lowest BCUT2D eigenvalue weighted by molar-refractivity contribution is 0.393. The summed E-state index contributed by atoms with van der Waals surface area (Å²) in [4.78, 5) is 3.89. The maximum Gasteiger partial charge on any atom is 0.218 e. The number of aromatic nitrogens is 1. The van der Waals surface area contributed by atoms with Crippen LogP contribution in [0, 0.1) is 6.92 Å². The molecule has 0 atom stereocenters. The number of methoxy groups -OCH3 is 1. The van der Waals surface area contributed by atoms with Gasteiger partial charge in [-0.15, -0.1) is 0 Å². The van der Waals surface area contributed by atoms with Crippen LogP contribution in [-0.4, -0.2) is 41.4 Å². The van der Waals surface area contributed by atoms with Crippen molar-refractivity contribution in [2.45, 2.75) is 11.5 Å². The van der Waals surface area contributed by atoms with E-state index in [2.05, 4.69) is 4.98 Å². The van der Waals surface area contributed by atoms with Gasteiger partial charge in [-0.05, 0) is 18.6 Å². The molecule has 0 fully saturated rings. The highest BCUT2D eigenvalue weighted by Crippen LogP contribution is 2.33. The number of ether oxygens (including phenoxy) is 1. The van der Waals surface area contributed by atoms with Crippen molar-refractivity contribution in [3.05, 3.63) is 23.4 Å². The molecule has 0 aliphatic carbocycles. The van der Waals surface area contributed by atoms with Crippen molar-refractivity contribution < 1.29 is 21.6 Å². The zero-order valence-corrected chi connectivity index (χ0v) is 12.2. The molecule has 1 aromatic rings. The first-order valence-electron chi connectivity index (χ1n) is 4.95. The number of sulfone groups is 2.